The number of nitrogens with one attached hydrogen (secondary N) is 1. The minimum atomic E-state index is -0.0355. The highest BCUT2D eigenvalue weighted by Crippen LogP contribution is 2.26. The van der Waals surface area contributed by atoms with Crippen LogP contribution < -0.4 is 5.32 Å². The Bertz CT molecular complexity index is 244. The Hall–Kier alpha value is -0.450. The van der Waals surface area contributed by atoms with E-state index < -0.39 is 0 Å². The Balaban J connectivity index is 1.59. The van der Waals surface area contributed by atoms with Crippen LogP contribution in [-0.4, -0.2) is 22.7 Å². The lowest BCUT2D eigenvalue weighted by atomic mass is 9.82. The number of nitrogens with zero attached hydrogens (tertiary/aromatic N) is 1. The van der Waals surface area contributed by atoms with Crippen molar-refractivity contribution in [3.63, 3.8) is 0 Å². The molecule has 0 aromatic carbocycles. The summed E-state index contributed by atoms with van der Waals surface area (Å²) in [7, 11) is 0. The lowest BCUT2D eigenvalue weighted by Crippen LogP contribution is -2.35. The fraction of sp³-hybridized carbons (Fsp3) is 0.667. The maximum atomic E-state index is 9.06. The Morgan fingerprint density at radius 1 is 1.62 bits per heavy atom. The summed E-state index contributed by atoms with van der Waals surface area (Å²) in [4.78, 5) is 4.18. The molecule has 13 heavy (non-hydrogen) atoms. The molecule has 1 aromatic heterocycles. The van der Waals surface area contributed by atoms with Crippen molar-refractivity contribution in [2.75, 3.05) is 6.54 Å². The van der Waals surface area contributed by atoms with Gasteiger partial charge in [-0.2, -0.15) is 0 Å². The predicted molar refractivity (Wildman–Crippen MR) is 52.6 cm³/mol. The first-order chi connectivity index (χ1) is 6.34. The molecule has 1 heterocycles. The molecule has 0 unspecified atom stereocenters. The van der Waals surface area contributed by atoms with Crippen LogP contribution >= 0.6 is 11.3 Å². The minimum Gasteiger partial charge on any atom is -0.393 e. The van der Waals surface area contributed by atoms with E-state index in [1.165, 1.54) is 0 Å². The van der Waals surface area contributed by atoms with Gasteiger partial charge in [-0.1, -0.05) is 0 Å². The average Bonchev–Trinajstić information content (AvgIpc) is 2.53. The maximum Gasteiger partial charge on any atom is 0.106 e. The molecule has 0 atom stereocenters. The Morgan fingerprint density at radius 3 is 3.08 bits per heavy atom. The summed E-state index contributed by atoms with van der Waals surface area (Å²) in [5.41, 5.74) is 0. The van der Waals surface area contributed by atoms with Crippen molar-refractivity contribution in [3.05, 3.63) is 16.6 Å². The SMILES string of the molecule is OC1CC(CNCc2nccs2)C1. The highest BCUT2D eigenvalue weighted by molar-refractivity contribution is 7.09. The molecule has 1 aromatic rings. The van der Waals surface area contributed by atoms with Gasteiger partial charge in [0.2, 0.25) is 0 Å². The van der Waals surface area contributed by atoms with Crippen LogP contribution in [0.15, 0.2) is 11.6 Å². The van der Waals surface area contributed by atoms with Crippen LogP contribution in [0.5, 0.6) is 0 Å². The fourth-order valence-electron chi connectivity index (χ4n) is 1.59. The zero-order chi connectivity index (χ0) is 9.10. The van der Waals surface area contributed by atoms with Gasteiger partial charge in [0.15, 0.2) is 0 Å². The number of hydrogen-bond acceptors (Lipinski definition) is 4. The molecule has 0 spiro atoms. The largest absolute Gasteiger partial charge is 0.393 e. The van der Waals surface area contributed by atoms with Crippen LogP contribution in [-0.2, 0) is 6.54 Å². The van der Waals surface area contributed by atoms with Gasteiger partial charge >= 0.3 is 0 Å². The van der Waals surface area contributed by atoms with Crippen LogP contribution in [0.3, 0.4) is 0 Å². The van der Waals surface area contributed by atoms with E-state index in [-0.39, 0.29) is 6.10 Å². The van der Waals surface area contributed by atoms with Gasteiger partial charge in [-0.05, 0) is 25.3 Å². The van der Waals surface area contributed by atoms with Crippen LogP contribution in [0.1, 0.15) is 17.8 Å². The highest BCUT2D eigenvalue weighted by atomic mass is 32.1. The molecule has 1 aliphatic carbocycles. The first kappa shape index (κ1) is 9.12. The fourth-order valence-corrected chi connectivity index (χ4v) is 2.18. The van der Waals surface area contributed by atoms with Gasteiger partial charge in [-0.25, -0.2) is 4.98 Å². The topological polar surface area (TPSA) is 45.1 Å². The van der Waals surface area contributed by atoms with Crippen molar-refractivity contribution >= 4 is 11.3 Å². The second kappa shape index (κ2) is 4.17. The van der Waals surface area contributed by atoms with E-state index in [4.69, 9.17) is 5.11 Å². The summed E-state index contributed by atoms with van der Waals surface area (Å²) in [6.45, 7) is 1.88. The van der Waals surface area contributed by atoms with E-state index in [0.29, 0.717) is 5.92 Å². The second-order valence-electron chi connectivity index (χ2n) is 3.55. The molecular formula is C9H14N2OS. The highest BCUT2D eigenvalue weighted by Gasteiger charge is 2.26. The summed E-state index contributed by atoms with van der Waals surface area (Å²) in [6, 6.07) is 0. The van der Waals surface area contributed by atoms with Gasteiger partial charge < -0.3 is 10.4 Å². The van der Waals surface area contributed by atoms with E-state index in [0.717, 1.165) is 30.9 Å². The van der Waals surface area contributed by atoms with Gasteiger partial charge in [0.1, 0.15) is 5.01 Å². The van der Waals surface area contributed by atoms with Crippen LogP contribution in [0.2, 0.25) is 0 Å². The normalized spacial score (nSPS) is 27.2. The Labute approximate surface area is 81.8 Å². The van der Waals surface area contributed by atoms with E-state index in [9.17, 15) is 0 Å². The van der Waals surface area contributed by atoms with Crippen molar-refractivity contribution in [2.45, 2.75) is 25.5 Å². The predicted octanol–water partition coefficient (Wildman–Crippen LogP) is 1.00. The third-order valence-corrected chi connectivity index (χ3v) is 3.18. The second-order valence-corrected chi connectivity index (χ2v) is 4.53. The lowest BCUT2D eigenvalue weighted by molar-refractivity contribution is 0.0430. The summed E-state index contributed by atoms with van der Waals surface area (Å²) in [5.74, 6) is 0.676. The number of aliphatic hydroxyl groups excluding tert-OH is 1. The van der Waals surface area contributed by atoms with Crippen molar-refractivity contribution in [1.29, 1.82) is 0 Å². The molecule has 1 fully saturated rings. The molecule has 0 radical (unpaired) electrons. The molecule has 3 nitrogen and oxygen atoms in total. The number of rotatable bonds is 4. The van der Waals surface area contributed by atoms with Crippen LogP contribution in [0.25, 0.3) is 0 Å². The Kier molecular flexibility index (Phi) is 2.93. The molecule has 1 saturated carbocycles. The van der Waals surface area contributed by atoms with Crippen LogP contribution in [0.4, 0.5) is 0 Å². The lowest BCUT2D eigenvalue weighted by Gasteiger charge is -2.31. The van der Waals surface area contributed by atoms with Gasteiger partial charge in [0, 0.05) is 18.1 Å². The van der Waals surface area contributed by atoms with Crippen LogP contribution in [0, 0.1) is 5.92 Å². The molecule has 4 heteroatoms. The van der Waals surface area contributed by atoms with Gasteiger partial charge in [0.25, 0.3) is 0 Å². The molecule has 72 valence electrons. The Morgan fingerprint density at radius 2 is 2.46 bits per heavy atom. The molecule has 0 aliphatic heterocycles. The molecule has 0 bridgehead atoms. The molecule has 0 saturated heterocycles. The van der Waals surface area contributed by atoms with E-state index in [1.54, 1.807) is 11.3 Å². The smallest absolute Gasteiger partial charge is 0.106 e. The first-order valence-corrected chi connectivity index (χ1v) is 5.49. The zero-order valence-electron chi connectivity index (χ0n) is 7.44. The van der Waals surface area contributed by atoms with Crippen molar-refractivity contribution in [2.24, 2.45) is 5.92 Å². The van der Waals surface area contributed by atoms with E-state index in [2.05, 4.69) is 10.3 Å². The summed E-state index contributed by atoms with van der Waals surface area (Å²) >= 11 is 1.68. The van der Waals surface area contributed by atoms with E-state index >= 15 is 0 Å². The van der Waals surface area contributed by atoms with Crippen molar-refractivity contribution in [3.8, 4) is 0 Å². The zero-order valence-corrected chi connectivity index (χ0v) is 8.26. The summed E-state index contributed by atoms with van der Waals surface area (Å²) < 4.78 is 0. The molecule has 2 N–H and O–H groups in total. The monoisotopic (exact) mass is 198 g/mol. The third-order valence-electron chi connectivity index (χ3n) is 2.40. The number of aliphatic hydroxyl groups is 1. The third kappa shape index (κ3) is 2.49. The number of hydrogen-bond donors (Lipinski definition) is 2. The van der Waals surface area contributed by atoms with E-state index in [1.807, 2.05) is 11.6 Å². The summed E-state index contributed by atoms with van der Waals surface area (Å²) in [5, 5.41) is 15.5. The maximum absolute atomic E-state index is 9.06. The number of aromatic nitrogens is 1. The molecular weight excluding hydrogens is 184 g/mol. The average molecular weight is 198 g/mol. The van der Waals surface area contributed by atoms with Gasteiger partial charge in [-0.15, -0.1) is 11.3 Å². The van der Waals surface area contributed by atoms with Gasteiger partial charge in [0.05, 0.1) is 6.10 Å². The quantitative estimate of drug-likeness (QED) is 0.758. The minimum absolute atomic E-state index is 0.0355. The van der Waals surface area contributed by atoms with Crippen molar-refractivity contribution in [1.82, 2.24) is 10.3 Å². The molecule has 0 amide bonds. The number of thiazole rings is 1. The first-order valence-electron chi connectivity index (χ1n) is 4.62. The van der Waals surface area contributed by atoms with Crippen molar-refractivity contribution < 1.29 is 5.11 Å². The summed E-state index contributed by atoms with van der Waals surface area (Å²) in [6.07, 6.45) is 3.72. The molecule has 1 aliphatic rings. The van der Waals surface area contributed by atoms with Gasteiger partial charge in [-0.3, -0.25) is 0 Å². The molecule has 2 rings (SSSR count). The standard InChI is InChI=1S/C9H14N2OS/c12-8-3-7(4-8)5-10-6-9-11-1-2-13-9/h1-2,7-8,10,12H,3-6H2.